The van der Waals surface area contributed by atoms with Crippen LogP contribution in [0.25, 0.3) is 11.0 Å². The number of aromatic nitrogens is 4. The van der Waals surface area contributed by atoms with Gasteiger partial charge in [0, 0.05) is 20.5 Å². The van der Waals surface area contributed by atoms with Crippen LogP contribution in [0.5, 0.6) is 0 Å². The van der Waals surface area contributed by atoms with Gasteiger partial charge in [-0.25, -0.2) is 19.6 Å². The number of aryl methyl sites for hydroxylation is 1. The van der Waals surface area contributed by atoms with Crippen molar-refractivity contribution in [1.82, 2.24) is 24.6 Å². The lowest BCUT2D eigenvalue weighted by molar-refractivity contribution is -0.0233. The minimum Gasteiger partial charge on any atom is -0.390 e. The molecule has 3 unspecified atom stereocenters. The molecule has 0 aromatic carbocycles. The quantitative estimate of drug-likeness (QED) is 0.681. The number of nitrogens with zero attached hydrogens (tertiary/aromatic N) is 6. The summed E-state index contributed by atoms with van der Waals surface area (Å²) < 4.78 is 7.68. The van der Waals surface area contributed by atoms with Crippen LogP contribution < -0.4 is 0 Å². The maximum Gasteiger partial charge on any atom is 0.168 e. The number of hydrogen-bond acceptors (Lipinski definition) is 6. The number of amidine groups is 1. The molecule has 0 bridgehead atoms. The monoisotopic (exact) mass is 332 g/mol. The van der Waals surface area contributed by atoms with E-state index in [-0.39, 0.29) is 12.3 Å². The van der Waals surface area contributed by atoms with Crippen LogP contribution in [-0.2, 0) is 4.74 Å². The summed E-state index contributed by atoms with van der Waals surface area (Å²) >= 11 is 0. The number of rotatable bonds is 3. The number of aliphatic hydroxyl groups is 1. The highest BCUT2D eigenvalue weighted by atomic mass is 16.5. The normalized spacial score (nSPS) is 24.8. The molecule has 1 saturated heterocycles. The predicted molar refractivity (Wildman–Crippen MR) is 91.3 cm³/mol. The molecule has 2 aromatic heterocycles. The fraction of sp³-hybridized carbons (Fsp3) is 0.625. The Balaban J connectivity index is 2.06. The zero-order valence-electron chi connectivity index (χ0n) is 14.8. The molecule has 0 spiro atoms. The molecular formula is C16H24N6O2. The van der Waals surface area contributed by atoms with Crippen molar-refractivity contribution in [2.45, 2.75) is 52.0 Å². The Morgan fingerprint density at radius 2 is 2.21 bits per heavy atom. The third kappa shape index (κ3) is 2.87. The van der Waals surface area contributed by atoms with Gasteiger partial charge in [-0.15, -0.1) is 0 Å². The lowest BCUT2D eigenvalue weighted by atomic mass is 10.1. The highest BCUT2D eigenvalue weighted by Gasteiger charge is 2.35. The summed E-state index contributed by atoms with van der Waals surface area (Å²) in [6.45, 7) is 5.84. The largest absolute Gasteiger partial charge is 0.390 e. The maximum atomic E-state index is 10.1. The molecule has 1 aliphatic rings. The third-order valence-corrected chi connectivity index (χ3v) is 4.44. The zero-order chi connectivity index (χ0) is 17.4. The lowest BCUT2D eigenvalue weighted by Gasteiger charge is -2.13. The van der Waals surface area contributed by atoms with Crippen molar-refractivity contribution in [2.75, 3.05) is 14.1 Å². The molecule has 24 heavy (non-hydrogen) atoms. The van der Waals surface area contributed by atoms with E-state index in [9.17, 15) is 5.11 Å². The minimum absolute atomic E-state index is 0.162. The molecule has 3 atom stereocenters. The third-order valence-electron chi connectivity index (χ3n) is 4.44. The number of fused-ring (bicyclic) bond motifs is 1. The van der Waals surface area contributed by atoms with E-state index in [1.165, 1.54) is 6.33 Å². The summed E-state index contributed by atoms with van der Waals surface area (Å²) in [5.74, 6) is 1.45. The van der Waals surface area contributed by atoms with E-state index in [1.807, 2.05) is 39.8 Å². The van der Waals surface area contributed by atoms with Gasteiger partial charge in [0.1, 0.15) is 12.2 Å². The number of ether oxygens (including phenoxy) is 1. The van der Waals surface area contributed by atoms with E-state index in [0.29, 0.717) is 17.9 Å². The first kappa shape index (κ1) is 16.8. The molecule has 1 N–H and O–H groups in total. The van der Waals surface area contributed by atoms with Crippen LogP contribution in [0, 0.1) is 6.92 Å². The summed E-state index contributed by atoms with van der Waals surface area (Å²) in [5, 5.41) is 15.5. The average Bonchev–Trinajstić information content (AvgIpc) is 3.08. The van der Waals surface area contributed by atoms with Gasteiger partial charge >= 0.3 is 0 Å². The highest BCUT2D eigenvalue weighted by molar-refractivity contribution is 5.92. The summed E-state index contributed by atoms with van der Waals surface area (Å²) in [7, 11) is 3.87. The Hall–Kier alpha value is -2.06. The van der Waals surface area contributed by atoms with Crippen LogP contribution in [0.2, 0.25) is 0 Å². The highest BCUT2D eigenvalue weighted by Crippen LogP contribution is 2.34. The van der Waals surface area contributed by atoms with Gasteiger partial charge in [-0.3, -0.25) is 0 Å². The van der Waals surface area contributed by atoms with Crippen molar-refractivity contribution < 1.29 is 9.84 Å². The second-order valence-corrected chi connectivity index (χ2v) is 6.32. The molecule has 0 saturated carbocycles. The molecule has 3 heterocycles. The van der Waals surface area contributed by atoms with Gasteiger partial charge in [-0.05, 0) is 20.3 Å². The predicted octanol–water partition coefficient (Wildman–Crippen LogP) is 1.80. The minimum atomic E-state index is -0.477. The standard InChI is InChI=1S/C16H24N6O2/c1-6-12-11(23)7-13(24-12)22-16-14(9(2)20-22)15(17-8-18-16)19-10(3)21(4)5/h8,11-13,23H,6-7H2,1-5H3. The van der Waals surface area contributed by atoms with E-state index in [4.69, 9.17) is 4.74 Å². The van der Waals surface area contributed by atoms with Gasteiger partial charge in [-0.2, -0.15) is 5.10 Å². The van der Waals surface area contributed by atoms with Crippen molar-refractivity contribution in [3.63, 3.8) is 0 Å². The van der Waals surface area contributed by atoms with E-state index >= 15 is 0 Å². The topological polar surface area (TPSA) is 88.7 Å². The maximum absolute atomic E-state index is 10.1. The molecule has 0 aliphatic carbocycles. The van der Waals surface area contributed by atoms with Crippen molar-refractivity contribution in [1.29, 1.82) is 0 Å². The van der Waals surface area contributed by atoms with E-state index in [0.717, 1.165) is 23.3 Å². The molecule has 3 rings (SSSR count). The molecule has 0 radical (unpaired) electrons. The Labute approximate surface area is 141 Å². The van der Waals surface area contributed by atoms with E-state index < -0.39 is 6.10 Å². The fourth-order valence-electron chi connectivity index (χ4n) is 2.89. The van der Waals surface area contributed by atoms with Crippen LogP contribution >= 0.6 is 0 Å². The zero-order valence-corrected chi connectivity index (χ0v) is 14.8. The van der Waals surface area contributed by atoms with Gasteiger partial charge < -0.3 is 14.7 Å². The molecule has 0 amide bonds. The van der Waals surface area contributed by atoms with Crippen LogP contribution in [-0.4, -0.2) is 61.9 Å². The van der Waals surface area contributed by atoms with Crippen molar-refractivity contribution in [2.24, 2.45) is 4.99 Å². The van der Waals surface area contributed by atoms with Crippen molar-refractivity contribution in [3.05, 3.63) is 12.0 Å². The Morgan fingerprint density at radius 3 is 2.83 bits per heavy atom. The van der Waals surface area contributed by atoms with Gasteiger partial charge in [0.05, 0.1) is 23.3 Å². The summed E-state index contributed by atoms with van der Waals surface area (Å²) in [5.41, 5.74) is 1.48. The van der Waals surface area contributed by atoms with E-state index in [1.54, 1.807) is 4.68 Å². The van der Waals surface area contributed by atoms with Crippen molar-refractivity contribution in [3.8, 4) is 0 Å². The molecule has 8 nitrogen and oxygen atoms in total. The van der Waals surface area contributed by atoms with Gasteiger partial charge in [0.2, 0.25) is 0 Å². The summed E-state index contributed by atoms with van der Waals surface area (Å²) in [6, 6.07) is 0. The van der Waals surface area contributed by atoms with E-state index in [2.05, 4.69) is 20.1 Å². The van der Waals surface area contributed by atoms with Crippen LogP contribution in [0.1, 0.15) is 38.6 Å². The smallest absolute Gasteiger partial charge is 0.168 e. The van der Waals surface area contributed by atoms with Crippen LogP contribution in [0.4, 0.5) is 5.82 Å². The van der Waals surface area contributed by atoms with Gasteiger partial charge in [0.25, 0.3) is 0 Å². The number of aliphatic hydroxyl groups excluding tert-OH is 1. The molecule has 8 heteroatoms. The lowest BCUT2D eigenvalue weighted by Crippen LogP contribution is -2.19. The summed E-state index contributed by atoms with van der Waals surface area (Å²) in [6.07, 6.45) is 1.81. The molecule has 130 valence electrons. The second kappa shape index (κ2) is 6.45. The Kier molecular flexibility index (Phi) is 4.51. The second-order valence-electron chi connectivity index (χ2n) is 6.32. The average molecular weight is 332 g/mol. The first-order valence-corrected chi connectivity index (χ1v) is 8.18. The first-order valence-electron chi connectivity index (χ1n) is 8.18. The number of hydrogen-bond donors (Lipinski definition) is 1. The van der Waals surface area contributed by atoms with Gasteiger partial charge in [-0.1, -0.05) is 6.92 Å². The Bertz CT molecular complexity index is 769. The number of aliphatic imine (C=N–C) groups is 1. The summed E-state index contributed by atoms with van der Waals surface area (Å²) in [4.78, 5) is 15.2. The van der Waals surface area contributed by atoms with Crippen molar-refractivity contribution >= 4 is 22.7 Å². The fourth-order valence-corrected chi connectivity index (χ4v) is 2.89. The molecule has 2 aromatic rings. The first-order chi connectivity index (χ1) is 11.4. The van der Waals surface area contributed by atoms with Crippen LogP contribution in [0.3, 0.4) is 0 Å². The molecular weight excluding hydrogens is 308 g/mol. The van der Waals surface area contributed by atoms with Crippen LogP contribution in [0.15, 0.2) is 11.3 Å². The SMILES string of the molecule is CCC1OC(n2nc(C)c3c(N=C(C)N(C)C)ncnc32)CC1O. The van der Waals surface area contributed by atoms with Gasteiger partial charge in [0.15, 0.2) is 17.7 Å². The molecule has 1 aliphatic heterocycles. The molecule has 1 fully saturated rings. The Morgan fingerprint density at radius 1 is 1.46 bits per heavy atom.